The molecule has 1 aromatic rings. The first kappa shape index (κ1) is 26.1. The van der Waals surface area contributed by atoms with Crippen molar-refractivity contribution in [1.82, 2.24) is 0 Å². The van der Waals surface area contributed by atoms with Crippen LogP contribution in [-0.2, 0) is 42.9 Å². The van der Waals surface area contributed by atoms with Crippen LogP contribution in [0.25, 0.3) is 0 Å². The van der Waals surface area contributed by atoms with Crippen LogP contribution in [0.5, 0.6) is 5.75 Å². The van der Waals surface area contributed by atoms with Crippen molar-refractivity contribution in [3.05, 3.63) is 27.1 Å². The number of ether oxygens (including phenoxy) is 6. The third-order valence-corrected chi connectivity index (χ3v) is 5.20. The minimum Gasteiger partial charge on any atom is -0.463 e. The molecule has 2 rings (SSSR count). The zero-order valence-corrected chi connectivity index (χ0v) is 20.8. The molecule has 0 unspecified atom stereocenters. The van der Waals surface area contributed by atoms with Crippen molar-refractivity contribution in [2.45, 2.75) is 58.4 Å². The fraction of sp³-hybridized carbons (Fsp3) is 0.500. The van der Waals surface area contributed by atoms with Crippen molar-refractivity contribution < 1.29 is 47.6 Å². The Hall–Kier alpha value is -2.18. The minimum absolute atomic E-state index is 0.328. The molecule has 0 aromatic heterocycles. The molecular formula is C20H22Br2O10. The van der Waals surface area contributed by atoms with Crippen molar-refractivity contribution in [3.8, 4) is 5.75 Å². The van der Waals surface area contributed by atoms with Crippen LogP contribution in [0.1, 0.15) is 27.7 Å². The Bertz CT molecular complexity index is 874. The van der Waals surface area contributed by atoms with E-state index in [1.807, 2.05) is 0 Å². The van der Waals surface area contributed by atoms with Crippen LogP contribution in [0.3, 0.4) is 0 Å². The fourth-order valence-electron chi connectivity index (χ4n) is 2.98. The van der Waals surface area contributed by atoms with Gasteiger partial charge in [-0.2, -0.15) is 0 Å². The van der Waals surface area contributed by atoms with Gasteiger partial charge in [0, 0.05) is 32.2 Å². The van der Waals surface area contributed by atoms with Crippen molar-refractivity contribution >= 4 is 55.7 Å². The number of rotatable bonds is 7. The van der Waals surface area contributed by atoms with Crippen LogP contribution in [0.4, 0.5) is 0 Å². The number of carbonyl (C=O) groups is 4. The van der Waals surface area contributed by atoms with Gasteiger partial charge >= 0.3 is 23.9 Å². The van der Waals surface area contributed by atoms with Gasteiger partial charge in [0.2, 0.25) is 12.4 Å². The Labute approximate surface area is 201 Å². The van der Waals surface area contributed by atoms with Crippen LogP contribution < -0.4 is 4.74 Å². The van der Waals surface area contributed by atoms with E-state index in [4.69, 9.17) is 28.4 Å². The molecule has 12 heteroatoms. The zero-order valence-electron chi connectivity index (χ0n) is 17.7. The van der Waals surface area contributed by atoms with Crippen LogP contribution in [0, 0.1) is 0 Å². The molecule has 0 bridgehead atoms. The van der Waals surface area contributed by atoms with Gasteiger partial charge in [0.05, 0.1) is 4.47 Å². The second-order valence-corrected chi connectivity index (χ2v) is 8.53. The van der Waals surface area contributed by atoms with Gasteiger partial charge in [0.15, 0.2) is 12.2 Å². The second kappa shape index (κ2) is 11.6. The smallest absolute Gasteiger partial charge is 0.303 e. The number of esters is 4. The zero-order chi connectivity index (χ0) is 24.0. The maximum atomic E-state index is 11.8. The highest BCUT2D eigenvalue weighted by molar-refractivity contribution is 9.11. The summed E-state index contributed by atoms with van der Waals surface area (Å²) in [6.45, 7) is 4.31. The van der Waals surface area contributed by atoms with Crippen molar-refractivity contribution in [2.75, 3.05) is 6.61 Å². The van der Waals surface area contributed by atoms with Crippen LogP contribution in [-0.4, -0.2) is 61.2 Å². The highest BCUT2D eigenvalue weighted by atomic mass is 79.9. The molecule has 0 spiro atoms. The normalized spacial score (nSPS) is 24.8. The molecule has 0 radical (unpaired) electrons. The molecule has 32 heavy (non-hydrogen) atoms. The van der Waals surface area contributed by atoms with E-state index in [9.17, 15) is 19.2 Å². The maximum Gasteiger partial charge on any atom is 0.303 e. The molecule has 1 saturated heterocycles. The van der Waals surface area contributed by atoms with E-state index < -0.39 is 54.6 Å². The molecule has 0 aliphatic carbocycles. The Morgan fingerprint density at radius 1 is 0.844 bits per heavy atom. The average Bonchev–Trinajstić information content (AvgIpc) is 2.65. The number of benzene rings is 1. The lowest BCUT2D eigenvalue weighted by Gasteiger charge is -2.44. The topological polar surface area (TPSA) is 124 Å². The molecule has 10 nitrogen and oxygen atoms in total. The molecular weight excluding hydrogens is 560 g/mol. The Morgan fingerprint density at radius 2 is 1.41 bits per heavy atom. The molecule has 1 aliphatic heterocycles. The van der Waals surface area contributed by atoms with Gasteiger partial charge in [-0.15, -0.1) is 0 Å². The highest BCUT2D eigenvalue weighted by Gasteiger charge is 2.53. The molecule has 0 N–H and O–H groups in total. The second-order valence-electron chi connectivity index (χ2n) is 6.76. The predicted molar refractivity (Wildman–Crippen MR) is 114 cm³/mol. The molecule has 1 fully saturated rings. The number of hydrogen-bond donors (Lipinski definition) is 0. The average molecular weight is 582 g/mol. The molecule has 1 aliphatic rings. The quantitative estimate of drug-likeness (QED) is 0.350. The fourth-order valence-corrected chi connectivity index (χ4v) is 4.12. The first-order chi connectivity index (χ1) is 15.0. The predicted octanol–water partition coefficient (Wildman–Crippen LogP) is 2.67. The third-order valence-electron chi connectivity index (χ3n) is 4.09. The largest absolute Gasteiger partial charge is 0.463 e. The van der Waals surface area contributed by atoms with Gasteiger partial charge < -0.3 is 28.4 Å². The SMILES string of the molecule is CC(=O)OC[C@H]1O[C@@H](Oc2ccc(Br)cc2Br)[C@H](OC(C)=O)[C@@H](OC(C)=O)[C@@H]1OC(C)=O. The first-order valence-corrected chi connectivity index (χ1v) is 11.0. The summed E-state index contributed by atoms with van der Waals surface area (Å²) in [4.78, 5) is 46.7. The van der Waals surface area contributed by atoms with Crippen molar-refractivity contribution in [1.29, 1.82) is 0 Å². The summed E-state index contributed by atoms with van der Waals surface area (Å²) in [7, 11) is 0. The van der Waals surface area contributed by atoms with Gasteiger partial charge in [0.25, 0.3) is 0 Å². The van der Waals surface area contributed by atoms with Gasteiger partial charge in [-0.3, -0.25) is 19.2 Å². The van der Waals surface area contributed by atoms with E-state index >= 15 is 0 Å². The summed E-state index contributed by atoms with van der Waals surface area (Å²) < 4.78 is 34.2. The standard InChI is InChI=1S/C20H22Br2O10/c1-9(23)27-8-16-17(28-10(2)24)18(29-11(3)25)19(30-12(4)26)20(32-16)31-15-6-5-13(21)7-14(15)22/h5-7,16-20H,8H2,1-4H3/t16-,17-,18+,19-,20-/m1/s1. The monoisotopic (exact) mass is 580 g/mol. The van der Waals surface area contributed by atoms with Gasteiger partial charge in [-0.1, -0.05) is 15.9 Å². The molecule has 1 heterocycles. The van der Waals surface area contributed by atoms with Crippen molar-refractivity contribution in [2.24, 2.45) is 0 Å². The maximum absolute atomic E-state index is 11.8. The van der Waals surface area contributed by atoms with Gasteiger partial charge in [-0.05, 0) is 34.1 Å². The third kappa shape index (κ3) is 7.45. The molecule has 0 amide bonds. The molecule has 1 aromatic carbocycles. The van der Waals surface area contributed by atoms with Gasteiger partial charge in [-0.25, -0.2) is 0 Å². The van der Waals surface area contributed by atoms with Crippen LogP contribution in [0.2, 0.25) is 0 Å². The number of halogens is 2. The summed E-state index contributed by atoms with van der Waals surface area (Å²) in [5.41, 5.74) is 0. The Morgan fingerprint density at radius 3 is 1.94 bits per heavy atom. The lowest BCUT2D eigenvalue weighted by atomic mass is 9.98. The molecule has 0 saturated carbocycles. The van der Waals surface area contributed by atoms with E-state index in [1.54, 1.807) is 18.2 Å². The summed E-state index contributed by atoms with van der Waals surface area (Å²) in [5, 5.41) is 0. The van der Waals surface area contributed by atoms with Crippen molar-refractivity contribution in [3.63, 3.8) is 0 Å². The Balaban J connectivity index is 2.47. The van der Waals surface area contributed by atoms with Gasteiger partial charge in [0.1, 0.15) is 18.5 Å². The minimum atomic E-state index is -1.30. The number of carbonyl (C=O) groups excluding carboxylic acids is 4. The highest BCUT2D eigenvalue weighted by Crippen LogP contribution is 2.34. The van der Waals surface area contributed by atoms with E-state index in [0.717, 1.165) is 25.2 Å². The Kier molecular flexibility index (Phi) is 9.47. The lowest BCUT2D eigenvalue weighted by Crippen LogP contribution is -2.63. The summed E-state index contributed by atoms with van der Waals surface area (Å²) in [5.74, 6) is -2.41. The van der Waals surface area contributed by atoms with E-state index in [1.165, 1.54) is 6.92 Å². The van der Waals surface area contributed by atoms with E-state index in [-0.39, 0.29) is 6.61 Å². The number of hydrogen-bond acceptors (Lipinski definition) is 10. The molecule has 5 atom stereocenters. The van der Waals surface area contributed by atoms with Crippen LogP contribution in [0.15, 0.2) is 27.1 Å². The summed E-state index contributed by atoms with van der Waals surface area (Å²) in [6, 6.07) is 5.06. The summed E-state index contributed by atoms with van der Waals surface area (Å²) >= 11 is 6.70. The summed E-state index contributed by atoms with van der Waals surface area (Å²) in [6.07, 6.45) is -6.22. The van der Waals surface area contributed by atoms with Crippen LogP contribution >= 0.6 is 31.9 Å². The van der Waals surface area contributed by atoms with E-state index in [0.29, 0.717) is 10.2 Å². The molecule has 176 valence electrons. The van der Waals surface area contributed by atoms with E-state index in [2.05, 4.69) is 31.9 Å². The first-order valence-electron chi connectivity index (χ1n) is 9.40. The lowest BCUT2D eigenvalue weighted by molar-refractivity contribution is -0.288.